The Bertz CT molecular complexity index is 929. The van der Waals surface area contributed by atoms with Crippen LogP contribution in [0.4, 0.5) is 4.39 Å². The third kappa shape index (κ3) is 2.83. The van der Waals surface area contributed by atoms with Crippen molar-refractivity contribution in [3.63, 3.8) is 0 Å². The number of carbonyl (C=O) groups is 1. The second kappa shape index (κ2) is 6.49. The summed E-state index contributed by atoms with van der Waals surface area (Å²) in [4.78, 5) is 27.0. The Morgan fingerprint density at radius 3 is 2.67 bits per heavy atom. The lowest BCUT2D eigenvalue weighted by atomic mass is 10.0. The Balaban J connectivity index is 2.21. The molecular formula is C17H14FN3O3. The molecule has 1 aromatic carbocycles. The maximum absolute atomic E-state index is 13.1. The molecule has 3 aromatic rings. The smallest absolute Gasteiger partial charge is 0.342 e. The van der Waals surface area contributed by atoms with Gasteiger partial charge in [0.25, 0.3) is 5.56 Å². The van der Waals surface area contributed by atoms with Crippen LogP contribution in [-0.4, -0.2) is 27.8 Å². The van der Waals surface area contributed by atoms with Crippen molar-refractivity contribution in [3.05, 3.63) is 64.3 Å². The van der Waals surface area contributed by atoms with Crippen LogP contribution in [-0.2, 0) is 4.74 Å². The van der Waals surface area contributed by atoms with Crippen LogP contribution in [0.2, 0.25) is 0 Å². The van der Waals surface area contributed by atoms with Crippen molar-refractivity contribution >= 4 is 5.97 Å². The van der Waals surface area contributed by atoms with Gasteiger partial charge in [-0.05, 0) is 43.3 Å². The monoisotopic (exact) mass is 327 g/mol. The van der Waals surface area contributed by atoms with E-state index in [0.717, 1.165) is 0 Å². The van der Waals surface area contributed by atoms with Gasteiger partial charge in [-0.25, -0.2) is 9.18 Å². The summed E-state index contributed by atoms with van der Waals surface area (Å²) in [5.41, 5.74) is 1.13. The number of benzene rings is 1. The highest BCUT2D eigenvalue weighted by Gasteiger charge is 2.25. The van der Waals surface area contributed by atoms with E-state index in [0.29, 0.717) is 11.3 Å². The van der Waals surface area contributed by atoms with Gasteiger partial charge in [-0.2, -0.15) is 5.10 Å². The van der Waals surface area contributed by atoms with Crippen LogP contribution in [0.15, 0.2) is 47.4 Å². The molecule has 0 radical (unpaired) electrons. The number of nitrogens with zero attached hydrogens (tertiary/aromatic N) is 1. The maximum Gasteiger partial charge on any atom is 0.342 e. The third-order valence-corrected chi connectivity index (χ3v) is 3.45. The molecule has 0 aliphatic heterocycles. The molecule has 0 spiro atoms. The van der Waals surface area contributed by atoms with E-state index >= 15 is 0 Å². The highest BCUT2D eigenvalue weighted by molar-refractivity contribution is 6.02. The topological polar surface area (TPSA) is 87.8 Å². The normalized spacial score (nSPS) is 10.6. The fourth-order valence-electron chi connectivity index (χ4n) is 2.37. The first-order valence-corrected chi connectivity index (χ1v) is 7.31. The molecule has 0 aliphatic rings. The van der Waals surface area contributed by atoms with Gasteiger partial charge in [-0.1, -0.05) is 0 Å². The van der Waals surface area contributed by atoms with Gasteiger partial charge in [-0.15, -0.1) is 0 Å². The highest BCUT2D eigenvalue weighted by atomic mass is 19.1. The van der Waals surface area contributed by atoms with Gasteiger partial charge < -0.3 is 9.72 Å². The average molecular weight is 327 g/mol. The molecule has 0 atom stereocenters. The highest BCUT2D eigenvalue weighted by Crippen LogP contribution is 2.29. The Hall–Kier alpha value is -3.22. The van der Waals surface area contributed by atoms with E-state index in [1.54, 1.807) is 19.1 Å². The number of pyridine rings is 1. The summed E-state index contributed by atoms with van der Waals surface area (Å²) in [7, 11) is 0. The lowest BCUT2D eigenvalue weighted by Crippen LogP contribution is -2.12. The Morgan fingerprint density at radius 2 is 2.00 bits per heavy atom. The number of nitrogens with one attached hydrogen (secondary N) is 2. The number of aromatic nitrogens is 3. The van der Waals surface area contributed by atoms with Gasteiger partial charge in [0, 0.05) is 11.8 Å². The van der Waals surface area contributed by atoms with Crippen molar-refractivity contribution in [2.75, 3.05) is 6.61 Å². The van der Waals surface area contributed by atoms with Crippen LogP contribution < -0.4 is 5.56 Å². The quantitative estimate of drug-likeness (QED) is 0.721. The first-order chi connectivity index (χ1) is 11.6. The summed E-state index contributed by atoms with van der Waals surface area (Å²) >= 11 is 0. The van der Waals surface area contributed by atoms with Crippen LogP contribution in [0.1, 0.15) is 17.3 Å². The van der Waals surface area contributed by atoms with E-state index < -0.39 is 11.8 Å². The number of rotatable bonds is 4. The molecule has 0 saturated heterocycles. The number of aromatic amines is 2. The Morgan fingerprint density at radius 1 is 1.25 bits per heavy atom. The summed E-state index contributed by atoms with van der Waals surface area (Å²) in [6.07, 6.45) is 1.49. The molecule has 6 nitrogen and oxygen atoms in total. The minimum absolute atomic E-state index is 0.139. The lowest BCUT2D eigenvalue weighted by molar-refractivity contribution is 0.0528. The molecule has 2 aromatic heterocycles. The van der Waals surface area contributed by atoms with E-state index in [1.165, 1.54) is 30.5 Å². The van der Waals surface area contributed by atoms with Gasteiger partial charge in [0.2, 0.25) is 0 Å². The second-order valence-electron chi connectivity index (χ2n) is 4.96. The van der Waals surface area contributed by atoms with Crippen LogP contribution in [0.3, 0.4) is 0 Å². The van der Waals surface area contributed by atoms with E-state index in [4.69, 9.17) is 4.74 Å². The first-order valence-electron chi connectivity index (χ1n) is 7.31. The number of halogens is 1. The van der Waals surface area contributed by atoms with Crippen molar-refractivity contribution in [2.45, 2.75) is 6.92 Å². The predicted octanol–water partition coefficient (Wildman–Crippen LogP) is 2.75. The third-order valence-electron chi connectivity index (χ3n) is 3.45. The number of hydrogen-bond donors (Lipinski definition) is 2. The standard InChI is InChI=1S/C17H14FN3O3/c1-2-24-17(23)13-14(10-5-7-11(18)8-6-10)20-21-15(13)12-4-3-9-19-16(12)22/h3-9H,2H2,1H3,(H,19,22)(H,20,21). The lowest BCUT2D eigenvalue weighted by Gasteiger charge is -2.05. The molecule has 0 aliphatic carbocycles. The van der Waals surface area contributed by atoms with Crippen molar-refractivity contribution < 1.29 is 13.9 Å². The van der Waals surface area contributed by atoms with Gasteiger partial charge >= 0.3 is 5.97 Å². The molecule has 122 valence electrons. The summed E-state index contributed by atoms with van der Waals surface area (Å²) in [6.45, 7) is 1.86. The minimum Gasteiger partial charge on any atom is -0.462 e. The molecule has 0 amide bonds. The van der Waals surface area contributed by atoms with Gasteiger partial charge in [0.1, 0.15) is 17.1 Å². The van der Waals surface area contributed by atoms with Gasteiger partial charge in [-0.3, -0.25) is 9.89 Å². The second-order valence-corrected chi connectivity index (χ2v) is 4.96. The molecule has 0 unspecified atom stereocenters. The minimum atomic E-state index is -0.608. The Kier molecular flexibility index (Phi) is 4.24. The van der Waals surface area contributed by atoms with Gasteiger partial charge in [0.05, 0.1) is 17.9 Å². The van der Waals surface area contributed by atoms with E-state index in [2.05, 4.69) is 15.2 Å². The van der Waals surface area contributed by atoms with E-state index in [-0.39, 0.29) is 29.0 Å². The number of H-pyrrole nitrogens is 2. The first kappa shape index (κ1) is 15.7. The molecule has 0 saturated carbocycles. The largest absolute Gasteiger partial charge is 0.462 e. The predicted molar refractivity (Wildman–Crippen MR) is 86.0 cm³/mol. The van der Waals surface area contributed by atoms with Gasteiger partial charge in [0.15, 0.2) is 0 Å². The van der Waals surface area contributed by atoms with Crippen molar-refractivity contribution in [1.82, 2.24) is 15.2 Å². The zero-order chi connectivity index (χ0) is 17.1. The number of hydrogen-bond acceptors (Lipinski definition) is 4. The van der Waals surface area contributed by atoms with Crippen molar-refractivity contribution in [2.24, 2.45) is 0 Å². The molecule has 2 heterocycles. The summed E-state index contributed by atoms with van der Waals surface area (Å²) in [5.74, 6) is -1.00. The molecule has 0 fully saturated rings. The maximum atomic E-state index is 13.1. The summed E-state index contributed by atoms with van der Waals surface area (Å²) in [6, 6.07) is 8.77. The number of esters is 1. The van der Waals surface area contributed by atoms with E-state index in [9.17, 15) is 14.0 Å². The fraction of sp³-hybridized carbons (Fsp3) is 0.118. The van der Waals surface area contributed by atoms with E-state index in [1.807, 2.05) is 0 Å². The van der Waals surface area contributed by atoms with Crippen LogP contribution in [0, 0.1) is 5.82 Å². The summed E-state index contributed by atoms with van der Waals surface area (Å²) < 4.78 is 18.2. The van der Waals surface area contributed by atoms with Crippen molar-refractivity contribution in [3.8, 4) is 22.5 Å². The molecule has 0 bridgehead atoms. The van der Waals surface area contributed by atoms with Crippen LogP contribution in [0.5, 0.6) is 0 Å². The van der Waals surface area contributed by atoms with Crippen molar-refractivity contribution in [1.29, 1.82) is 0 Å². The number of ether oxygens (including phenoxy) is 1. The molecule has 2 N–H and O–H groups in total. The molecular weight excluding hydrogens is 313 g/mol. The Labute approximate surface area is 136 Å². The van der Waals surface area contributed by atoms with Crippen LogP contribution >= 0.6 is 0 Å². The molecule has 7 heteroatoms. The zero-order valence-corrected chi connectivity index (χ0v) is 12.8. The zero-order valence-electron chi connectivity index (χ0n) is 12.8. The average Bonchev–Trinajstić information content (AvgIpc) is 3.01. The van der Waals surface area contributed by atoms with Crippen LogP contribution in [0.25, 0.3) is 22.5 Å². The fourth-order valence-corrected chi connectivity index (χ4v) is 2.37. The number of carbonyl (C=O) groups excluding carboxylic acids is 1. The molecule has 3 rings (SSSR count). The SMILES string of the molecule is CCOC(=O)c1c(-c2ccc(F)cc2)n[nH]c1-c1ccc[nH]c1=O. The molecule has 24 heavy (non-hydrogen) atoms. The summed E-state index contributed by atoms with van der Waals surface area (Å²) in [5, 5.41) is 6.86.